The summed E-state index contributed by atoms with van der Waals surface area (Å²) in [6.45, 7) is 0. The molecule has 0 radical (unpaired) electrons. The summed E-state index contributed by atoms with van der Waals surface area (Å²) in [6.07, 6.45) is 11.0. The Balaban J connectivity index is 2.00. The standard InChI is InChI=1S/C13H12O/c1-3-7-12(8-4-1)11-14-13-9-5-2-6-10-13/h1-7,9-11H,8H2. The van der Waals surface area contributed by atoms with E-state index in [9.17, 15) is 0 Å². The van der Waals surface area contributed by atoms with Crippen molar-refractivity contribution in [3.8, 4) is 5.75 Å². The molecular formula is C13H12O. The quantitative estimate of drug-likeness (QED) is 0.639. The van der Waals surface area contributed by atoms with Crippen LogP contribution in [-0.2, 0) is 0 Å². The molecule has 0 fully saturated rings. The minimum absolute atomic E-state index is 0.878. The molecule has 0 unspecified atom stereocenters. The summed E-state index contributed by atoms with van der Waals surface area (Å²) in [5, 5.41) is 0. The Kier molecular flexibility index (Phi) is 2.82. The van der Waals surface area contributed by atoms with Gasteiger partial charge in [0.05, 0.1) is 6.26 Å². The summed E-state index contributed by atoms with van der Waals surface area (Å²) in [7, 11) is 0. The lowest BCUT2D eigenvalue weighted by Gasteiger charge is -2.03. The number of para-hydroxylation sites is 1. The number of rotatable bonds is 2. The minimum Gasteiger partial charge on any atom is -0.465 e. The fourth-order valence-electron chi connectivity index (χ4n) is 1.26. The molecule has 0 saturated carbocycles. The van der Waals surface area contributed by atoms with Crippen molar-refractivity contribution >= 4 is 0 Å². The number of hydrogen-bond acceptors (Lipinski definition) is 1. The minimum atomic E-state index is 0.878. The van der Waals surface area contributed by atoms with Gasteiger partial charge in [-0.3, -0.25) is 0 Å². The number of benzene rings is 1. The maximum absolute atomic E-state index is 5.50. The number of hydrogen-bond donors (Lipinski definition) is 0. The van der Waals surface area contributed by atoms with Crippen LogP contribution in [0, 0.1) is 0 Å². The van der Waals surface area contributed by atoms with Gasteiger partial charge in [-0.2, -0.15) is 0 Å². The second-order valence-electron chi connectivity index (χ2n) is 3.12. The molecule has 0 N–H and O–H groups in total. The SMILES string of the molecule is C1=CCC(=COc2ccccc2)C=C1. The maximum Gasteiger partial charge on any atom is 0.126 e. The predicted octanol–water partition coefficient (Wildman–Crippen LogP) is 3.47. The van der Waals surface area contributed by atoms with E-state index in [1.165, 1.54) is 5.57 Å². The van der Waals surface area contributed by atoms with Crippen LogP contribution in [0.15, 0.2) is 66.5 Å². The van der Waals surface area contributed by atoms with Gasteiger partial charge >= 0.3 is 0 Å². The van der Waals surface area contributed by atoms with Crippen molar-refractivity contribution in [2.24, 2.45) is 0 Å². The van der Waals surface area contributed by atoms with Gasteiger partial charge in [-0.05, 0) is 24.1 Å². The molecule has 1 nitrogen and oxygen atoms in total. The molecule has 1 heteroatoms. The van der Waals surface area contributed by atoms with Crippen molar-refractivity contribution in [2.75, 3.05) is 0 Å². The molecule has 0 aromatic heterocycles. The Morgan fingerprint density at radius 2 is 1.93 bits per heavy atom. The summed E-state index contributed by atoms with van der Waals surface area (Å²) >= 11 is 0. The summed E-state index contributed by atoms with van der Waals surface area (Å²) in [5.41, 5.74) is 1.19. The first-order chi connectivity index (χ1) is 6.95. The van der Waals surface area contributed by atoms with Gasteiger partial charge in [-0.15, -0.1) is 0 Å². The van der Waals surface area contributed by atoms with Crippen LogP contribution in [0.4, 0.5) is 0 Å². The third kappa shape index (κ3) is 2.36. The first-order valence-electron chi connectivity index (χ1n) is 4.69. The van der Waals surface area contributed by atoms with Crippen LogP contribution in [-0.4, -0.2) is 0 Å². The molecule has 1 aliphatic rings. The van der Waals surface area contributed by atoms with Gasteiger partial charge in [0.2, 0.25) is 0 Å². The molecule has 0 amide bonds. The third-order valence-corrected chi connectivity index (χ3v) is 2.00. The van der Waals surface area contributed by atoms with Gasteiger partial charge in [-0.1, -0.05) is 42.5 Å². The van der Waals surface area contributed by atoms with Gasteiger partial charge in [0, 0.05) is 0 Å². The van der Waals surface area contributed by atoms with E-state index in [0.717, 1.165) is 12.2 Å². The highest BCUT2D eigenvalue weighted by Gasteiger charge is 1.94. The average molecular weight is 184 g/mol. The molecular weight excluding hydrogens is 172 g/mol. The first-order valence-corrected chi connectivity index (χ1v) is 4.69. The smallest absolute Gasteiger partial charge is 0.126 e. The van der Waals surface area contributed by atoms with Crippen LogP contribution >= 0.6 is 0 Å². The Labute approximate surface area is 84.0 Å². The maximum atomic E-state index is 5.50. The second kappa shape index (κ2) is 4.47. The molecule has 70 valence electrons. The Morgan fingerprint density at radius 3 is 2.64 bits per heavy atom. The molecule has 14 heavy (non-hydrogen) atoms. The monoisotopic (exact) mass is 184 g/mol. The Bertz CT molecular complexity index is 371. The van der Waals surface area contributed by atoms with Crippen molar-refractivity contribution in [1.29, 1.82) is 0 Å². The van der Waals surface area contributed by atoms with Crippen LogP contribution in [0.5, 0.6) is 5.75 Å². The lowest BCUT2D eigenvalue weighted by molar-refractivity contribution is 0.476. The fourth-order valence-corrected chi connectivity index (χ4v) is 1.26. The van der Waals surface area contributed by atoms with Crippen molar-refractivity contribution in [3.05, 3.63) is 66.5 Å². The summed E-state index contributed by atoms with van der Waals surface area (Å²) in [4.78, 5) is 0. The average Bonchev–Trinajstić information content (AvgIpc) is 2.29. The fraction of sp³-hybridized carbons (Fsp3) is 0.0769. The topological polar surface area (TPSA) is 9.23 Å². The van der Waals surface area contributed by atoms with Crippen LogP contribution in [0.2, 0.25) is 0 Å². The van der Waals surface area contributed by atoms with Crippen molar-refractivity contribution in [2.45, 2.75) is 6.42 Å². The predicted molar refractivity (Wildman–Crippen MR) is 58.1 cm³/mol. The molecule has 0 saturated heterocycles. The molecule has 0 spiro atoms. The second-order valence-corrected chi connectivity index (χ2v) is 3.12. The zero-order chi connectivity index (χ0) is 9.64. The van der Waals surface area contributed by atoms with Crippen LogP contribution < -0.4 is 4.74 Å². The lowest BCUT2D eigenvalue weighted by Crippen LogP contribution is -1.87. The highest BCUT2D eigenvalue weighted by Crippen LogP contribution is 2.13. The van der Waals surface area contributed by atoms with Gasteiger partial charge in [0.1, 0.15) is 5.75 Å². The van der Waals surface area contributed by atoms with Crippen molar-refractivity contribution in [1.82, 2.24) is 0 Å². The highest BCUT2D eigenvalue weighted by molar-refractivity contribution is 5.30. The molecule has 1 aromatic carbocycles. The van der Waals surface area contributed by atoms with E-state index in [1.54, 1.807) is 6.26 Å². The van der Waals surface area contributed by atoms with Gasteiger partial charge < -0.3 is 4.74 Å². The summed E-state index contributed by atoms with van der Waals surface area (Å²) in [6, 6.07) is 9.79. The molecule has 1 aromatic rings. The largest absolute Gasteiger partial charge is 0.465 e. The Hall–Kier alpha value is -1.76. The van der Waals surface area contributed by atoms with Crippen LogP contribution in [0.1, 0.15) is 6.42 Å². The van der Waals surface area contributed by atoms with Crippen molar-refractivity contribution < 1.29 is 4.74 Å². The van der Waals surface area contributed by atoms with E-state index in [4.69, 9.17) is 4.74 Å². The lowest BCUT2D eigenvalue weighted by atomic mass is 10.1. The highest BCUT2D eigenvalue weighted by atomic mass is 16.5. The molecule has 0 bridgehead atoms. The van der Waals surface area contributed by atoms with Gasteiger partial charge in [-0.25, -0.2) is 0 Å². The van der Waals surface area contributed by atoms with Crippen LogP contribution in [0.25, 0.3) is 0 Å². The Morgan fingerprint density at radius 1 is 1.07 bits per heavy atom. The third-order valence-electron chi connectivity index (χ3n) is 2.00. The van der Waals surface area contributed by atoms with E-state index in [0.29, 0.717) is 0 Å². The van der Waals surface area contributed by atoms with Gasteiger partial charge in [0.15, 0.2) is 0 Å². The molecule has 2 rings (SSSR count). The van der Waals surface area contributed by atoms with Gasteiger partial charge in [0.25, 0.3) is 0 Å². The van der Waals surface area contributed by atoms with E-state index >= 15 is 0 Å². The number of ether oxygens (including phenoxy) is 1. The zero-order valence-corrected chi connectivity index (χ0v) is 7.89. The summed E-state index contributed by atoms with van der Waals surface area (Å²) < 4.78 is 5.50. The zero-order valence-electron chi connectivity index (χ0n) is 7.89. The van der Waals surface area contributed by atoms with E-state index < -0.39 is 0 Å². The van der Waals surface area contributed by atoms with Crippen molar-refractivity contribution in [3.63, 3.8) is 0 Å². The first kappa shape index (κ1) is 8.82. The molecule has 0 heterocycles. The van der Waals surface area contributed by atoms with E-state index in [-0.39, 0.29) is 0 Å². The normalized spacial score (nSPS) is 17.3. The van der Waals surface area contributed by atoms with Crippen LogP contribution in [0.3, 0.4) is 0 Å². The molecule has 0 atom stereocenters. The van der Waals surface area contributed by atoms with E-state index in [1.807, 2.05) is 42.5 Å². The summed E-state index contributed by atoms with van der Waals surface area (Å²) in [5.74, 6) is 0.878. The number of allylic oxidation sites excluding steroid dienone is 5. The molecule has 1 aliphatic carbocycles. The molecule has 0 aliphatic heterocycles. The van der Waals surface area contributed by atoms with E-state index in [2.05, 4.69) is 12.2 Å².